The van der Waals surface area contributed by atoms with Crippen molar-refractivity contribution in [3.8, 4) is 11.1 Å². The average molecular weight is 391 g/mol. The molecule has 1 unspecified atom stereocenters. The lowest BCUT2D eigenvalue weighted by Gasteiger charge is -2.33. The Bertz CT molecular complexity index is 1390. The van der Waals surface area contributed by atoms with Crippen molar-refractivity contribution in [1.82, 2.24) is 25.1 Å². The Morgan fingerprint density at radius 2 is 1.83 bits per heavy atom. The SMILES string of the molecule is CN1Cc2cc(-c3ccc4ncncc4c3)ccc2C(c2ccc3cn[nH]c3c2)C1. The van der Waals surface area contributed by atoms with Crippen LogP contribution in [0.3, 0.4) is 0 Å². The fourth-order valence-electron chi connectivity index (χ4n) is 4.65. The number of hydrogen-bond acceptors (Lipinski definition) is 4. The molecule has 5 heteroatoms. The second-order valence-electron chi connectivity index (χ2n) is 8.18. The second kappa shape index (κ2) is 6.75. The molecule has 3 heterocycles. The van der Waals surface area contributed by atoms with Crippen molar-refractivity contribution in [1.29, 1.82) is 0 Å². The van der Waals surface area contributed by atoms with Crippen LogP contribution in [0.5, 0.6) is 0 Å². The van der Waals surface area contributed by atoms with Crippen LogP contribution in [0.4, 0.5) is 0 Å². The number of nitrogens with one attached hydrogen (secondary N) is 1. The third-order valence-corrected chi connectivity index (χ3v) is 6.16. The molecule has 1 aliphatic rings. The summed E-state index contributed by atoms with van der Waals surface area (Å²) in [5, 5.41) is 9.49. The Kier molecular flexibility index (Phi) is 3.89. The van der Waals surface area contributed by atoms with Gasteiger partial charge in [-0.15, -0.1) is 0 Å². The number of fused-ring (bicyclic) bond motifs is 3. The van der Waals surface area contributed by atoms with E-state index in [-0.39, 0.29) is 0 Å². The van der Waals surface area contributed by atoms with E-state index in [1.54, 1.807) is 6.33 Å². The van der Waals surface area contributed by atoms with E-state index >= 15 is 0 Å². The molecule has 0 aliphatic carbocycles. The molecular weight excluding hydrogens is 370 g/mol. The molecule has 6 rings (SSSR count). The first-order valence-corrected chi connectivity index (χ1v) is 10.2. The summed E-state index contributed by atoms with van der Waals surface area (Å²) in [5.74, 6) is 0.352. The maximum atomic E-state index is 4.33. The summed E-state index contributed by atoms with van der Waals surface area (Å²) >= 11 is 0. The van der Waals surface area contributed by atoms with Crippen LogP contribution in [0.1, 0.15) is 22.6 Å². The van der Waals surface area contributed by atoms with Gasteiger partial charge in [-0.3, -0.25) is 5.10 Å². The molecular formula is C25H21N5. The van der Waals surface area contributed by atoms with Crippen LogP contribution in [0.2, 0.25) is 0 Å². The molecule has 1 atom stereocenters. The van der Waals surface area contributed by atoms with E-state index in [4.69, 9.17) is 0 Å². The van der Waals surface area contributed by atoms with Gasteiger partial charge in [-0.05, 0) is 59.1 Å². The second-order valence-corrected chi connectivity index (χ2v) is 8.18. The Hall–Kier alpha value is -3.57. The number of likely N-dealkylation sites (N-methyl/N-ethyl adjacent to an activating group) is 1. The monoisotopic (exact) mass is 391 g/mol. The largest absolute Gasteiger partial charge is 0.301 e. The van der Waals surface area contributed by atoms with Gasteiger partial charge in [-0.1, -0.05) is 30.3 Å². The van der Waals surface area contributed by atoms with Crippen LogP contribution < -0.4 is 0 Å². The first-order valence-electron chi connectivity index (χ1n) is 10.2. The van der Waals surface area contributed by atoms with Gasteiger partial charge in [0.05, 0.1) is 17.2 Å². The molecule has 0 radical (unpaired) electrons. The highest BCUT2D eigenvalue weighted by atomic mass is 15.1. The molecule has 5 aromatic rings. The fourth-order valence-corrected chi connectivity index (χ4v) is 4.65. The highest BCUT2D eigenvalue weighted by Crippen LogP contribution is 2.36. The van der Waals surface area contributed by atoms with E-state index in [0.717, 1.165) is 34.9 Å². The molecule has 0 saturated carbocycles. The molecule has 2 aromatic heterocycles. The topological polar surface area (TPSA) is 57.7 Å². The van der Waals surface area contributed by atoms with Gasteiger partial charge >= 0.3 is 0 Å². The molecule has 146 valence electrons. The molecule has 0 bridgehead atoms. The van der Waals surface area contributed by atoms with E-state index in [9.17, 15) is 0 Å². The number of benzene rings is 3. The van der Waals surface area contributed by atoms with E-state index in [1.807, 2.05) is 12.4 Å². The maximum Gasteiger partial charge on any atom is 0.116 e. The molecule has 0 amide bonds. The molecule has 0 spiro atoms. The minimum absolute atomic E-state index is 0.352. The molecule has 0 saturated heterocycles. The van der Waals surface area contributed by atoms with E-state index in [2.05, 4.69) is 86.7 Å². The summed E-state index contributed by atoms with van der Waals surface area (Å²) in [7, 11) is 2.20. The van der Waals surface area contributed by atoms with Crippen molar-refractivity contribution in [2.75, 3.05) is 13.6 Å². The van der Waals surface area contributed by atoms with Gasteiger partial charge in [0.25, 0.3) is 0 Å². The van der Waals surface area contributed by atoms with Crippen LogP contribution in [0, 0.1) is 0 Å². The zero-order chi connectivity index (χ0) is 20.1. The molecule has 5 nitrogen and oxygen atoms in total. The van der Waals surface area contributed by atoms with Gasteiger partial charge in [-0.25, -0.2) is 9.97 Å². The van der Waals surface area contributed by atoms with Crippen molar-refractivity contribution in [2.45, 2.75) is 12.5 Å². The van der Waals surface area contributed by atoms with E-state index < -0.39 is 0 Å². The highest BCUT2D eigenvalue weighted by Gasteiger charge is 2.25. The van der Waals surface area contributed by atoms with Gasteiger partial charge in [0.15, 0.2) is 0 Å². The number of aromatic amines is 1. The highest BCUT2D eigenvalue weighted by molar-refractivity contribution is 5.84. The number of H-pyrrole nitrogens is 1. The first-order chi connectivity index (χ1) is 14.7. The van der Waals surface area contributed by atoms with Gasteiger partial charge < -0.3 is 4.90 Å². The standard InChI is InChI=1S/C25H21N5/c1-30-13-21-9-16(17-5-7-24-20(8-17)11-26-15-27-24)4-6-22(21)23(14-30)18-2-3-19-12-28-29-25(19)10-18/h2-12,15,23H,13-14H2,1H3,(H,28,29). The van der Waals surface area contributed by atoms with E-state index in [1.165, 1.54) is 27.8 Å². The fraction of sp³-hybridized carbons (Fsp3) is 0.160. The molecule has 0 fully saturated rings. The molecule has 30 heavy (non-hydrogen) atoms. The van der Waals surface area contributed by atoms with Crippen molar-refractivity contribution in [3.05, 3.63) is 90.0 Å². The third-order valence-electron chi connectivity index (χ3n) is 6.16. The zero-order valence-electron chi connectivity index (χ0n) is 16.7. The Morgan fingerprint density at radius 1 is 0.933 bits per heavy atom. The summed E-state index contributed by atoms with van der Waals surface area (Å²) in [6.07, 6.45) is 5.35. The lowest BCUT2D eigenvalue weighted by atomic mass is 9.83. The van der Waals surface area contributed by atoms with Crippen molar-refractivity contribution in [2.24, 2.45) is 0 Å². The van der Waals surface area contributed by atoms with Crippen LogP contribution in [0.25, 0.3) is 32.9 Å². The Balaban J connectivity index is 1.43. The van der Waals surface area contributed by atoms with Gasteiger partial charge in [0.1, 0.15) is 6.33 Å². The third kappa shape index (κ3) is 2.86. The first kappa shape index (κ1) is 17.3. The average Bonchev–Trinajstić information content (AvgIpc) is 3.25. The van der Waals surface area contributed by atoms with Crippen molar-refractivity contribution >= 4 is 21.8 Å². The summed E-state index contributed by atoms with van der Waals surface area (Å²) in [6, 6.07) is 19.9. The van der Waals surface area contributed by atoms with Gasteiger partial charge in [0, 0.05) is 36.0 Å². The lowest BCUT2D eigenvalue weighted by Crippen LogP contribution is -2.31. The predicted octanol–water partition coefficient (Wildman–Crippen LogP) is 4.75. The van der Waals surface area contributed by atoms with E-state index in [0.29, 0.717) is 5.92 Å². The number of aromatic nitrogens is 4. The normalized spacial score (nSPS) is 16.8. The van der Waals surface area contributed by atoms with Crippen LogP contribution in [-0.2, 0) is 6.54 Å². The van der Waals surface area contributed by atoms with Gasteiger partial charge in [0.2, 0.25) is 0 Å². The smallest absolute Gasteiger partial charge is 0.116 e. The van der Waals surface area contributed by atoms with Crippen LogP contribution in [-0.4, -0.2) is 38.7 Å². The minimum Gasteiger partial charge on any atom is -0.301 e. The van der Waals surface area contributed by atoms with Crippen LogP contribution >= 0.6 is 0 Å². The summed E-state index contributed by atoms with van der Waals surface area (Å²) in [6.45, 7) is 1.97. The Labute approximate surface area is 174 Å². The summed E-state index contributed by atoms with van der Waals surface area (Å²) in [5.41, 5.74) is 8.63. The molecule has 1 aliphatic heterocycles. The number of nitrogens with zero attached hydrogens (tertiary/aromatic N) is 4. The quantitative estimate of drug-likeness (QED) is 0.472. The zero-order valence-corrected chi connectivity index (χ0v) is 16.7. The van der Waals surface area contributed by atoms with Crippen LogP contribution in [0.15, 0.2) is 73.3 Å². The van der Waals surface area contributed by atoms with Crippen molar-refractivity contribution < 1.29 is 0 Å². The molecule has 1 N–H and O–H groups in total. The minimum atomic E-state index is 0.352. The Morgan fingerprint density at radius 3 is 2.80 bits per heavy atom. The number of hydrogen-bond donors (Lipinski definition) is 1. The summed E-state index contributed by atoms with van der Waals surface area (Å²) in [4.78, 5) is 10.9. The summed E-state index contributed by atoms with van der Waals surface area (Å²) < 4.78 is 0. The maximum absolute atomic E-state index is 4.33. The number of rotatable bonds is 2. The van der Waals surface area contributed by atoms with Crippen molar-refractivity contribution in [3.63, 3.8) is 0 Å². The predicted molar refractivity (Wildman–Crippen MR) is 119 cm³/mol. The van der Waals surface area contributed by atoms with Gasteiger partial charge in [-0.2, -0.15) is 5.10 Å². The lowest BCUT2D eigenvalue weighted by molar-refractivity contribution is 0.295. The molecule has 3 aromatic carbocycles.